The quantitative estimate of drug-likeness (QED) is 0.715. The number of benzene rings is 1. The van der Waals surface area contributed by atoms with E-state index in [0.29, 0.717) is 37.7 Å². The number of piperazine rings is 1. The highest BCUT2D eigenvalue weighted by molar-refractivity contribution is 7.86. The molecule has 1 aromatic carbocycles. The number of carbonyl (C=O) groups is 1. The standard InChI is InChI=1S/C20H28N6O3S/c1-15-21-22-19-8-7-18(14-26(15)19)16-5-4-6-17(13-16)20(27)24-9-11-25(12-10-24)30(28,29)23(2)3/h4-6,13,18H,7-12,14H2,1-3H3. The first-order chi connectivity index (χ1) is 14.3. The van der Waals surface area contributed by atoms with Gasteiger partial charge in [0.2, 0.25) is 0 Å². The predicted molar refractivity (Wildman–Crippen MR) is 112 cm³/mol. The van der Waals surface area contributed by atoms with Crippen LogP contribution in [0.1, 0.15) is 39.9 Å². The van der Waals surface area contributed by atoms with Gasteiger partial charge in [-0.2, -0.15) is 17.0 Å². The van der Waals surface area contributed by atoms with Crippen LogP contribution in [0.4, 0.5) is 0 Å². The van der Waals surface area contributed by atoms with Gasteiger partial charge in [-0.1, -0.05) is 12.1 Å². The molecule has 1 fully saturated rings. The number of hydrogen-bond acceptors (Lipinski definition) is 5. The lowest BCUT2D eigenvalue weighted by Gasteiger charge is -2.35. The number of fused-ring (bicyclic) bond motifs is 1. The summed E-state index contributed by atoms with van der Waals surface area (Å²) in [6, 6.07) is 7.84. The molecule has 0 spiro atoms. The third-order valence-corrected chi connectivity index (χ3v) is 7.99. The van der Waals surface area contributed by atoms with Gasteiger partial charge in [-0.15, -0.1) is 10.2 Å². The Morgan fingerprint density at radius 2 is 1.87 bits per heavy atom. The molecule has 2 aliphatic heterocycles. The Morgan fingerprint density at radius 1 is 1.13 bits per heavy atom. The molecular weight excluding hydrogens is 404 g/mol. The van der Waals surface area contributed by atoms with E-state index in [1.807, 2.05) is 25.1 Å². The highest BCUT2D eigenvalue weighted by Crippen LogP contribution is 2.29. The van der Waals surface area contributed by atoms with E-state index >= 15 is 0 Å². The molecule has 0 saturated carbocycles. The zero-order chi connectivity index (χ0) is 21.5. The van der Waals surface area contributed by atoms with E-state index in [1.165, 1.54) is 22.7 Å². The number of aromatic nitrogens is 3. The normalized spacial score (nSPS) is 20.4. The molecule has 3 heterocycles. The molecule has 1 amide bonds. The Labute approximate surface area is 177 Å². The molecule has 1 unspecified atom stereocenters. The maximum Gasteiger partial charge on any atom is 0.281 e. The largest absolute Gasteiger partial charge is 0.336 e. The van der Waals surface area contributed by atoms with Crippen molar-refractivity contribution in [2.24, 2.45) is 0 Å². The van der Waals surface area contributed by atoms with E-state index < -0.39 is 10.2 Å². The third-order valence-electron chi connectivity index (χ3n) is 6.05. The first-order valence-electron chi connectivity index (χ1n) is 10.2. The van der Waals surface area contributed by atoms with Crippen molar-refractivity contribution in [1.82, 2.24) is 28.3 Å². The lowest BCUT2D eigenvalue weighted by molar-refractivity contribution is 0.0695. The van der Waals surface area contributed by atoms with Gasteiger partial charge < -0.3 is 9.47 Å². The molecule has 0 bridgehead atoms. The van der Waals surface area contributed by atoms with Gasteiger partial charge >= 0.3 is 0 Å². The van der Waals surface area contributed by atoms with Crippen LogP contribution in [-0.4, -0.2) is 82.9 Å². The van der Waals surface area contributed by atoms with Gasteiger partial charge in [0, 0.05) is 64.7 Å². The van der Waals surface area contributed by atoms with E-state index in [4.69, 9.17) is 0 Å². The van der Waals surface area contributed by atoms with Gasteiger partial charge in [0.15, 0.2) is 0 Å². The van der Waals surface area contributed by atoms with Crippen LogP contribution in [-0.2, 0) is 23.2 Å². The van der Waals surface area contributed by atoms with Crippen LogP contribution in [0.2, 0.25) is 0 Å². The van der Waals surface area contributed by atoms with E-state index in [0.717, 1.165) is 36.6 Å². The van der Waals surface area contributed by atoms with Gasteiger partial charge in [-0.25, -0.2) is 0 Å². The van der Waals surface area contributed by atoms with Crippen molar-refractivity contribution in [3.05, 3.63) is 47.0 Å². The second-order valence-corrected chi connectivity index (χ2v) is 10.3. The van der Waals surface area contributed by atoms with Crippen LogP contribution in [0, 0.1) is 6.92 Å². The predicted octanol–water partition coefficient (Wildman–Crippen LogP) is 0.881. The van der Waals surface area contributed by atoms with Gasteiger partial charge in [0.05, 0.1) is 0 Å². The van der Waals surface area contributed by atoms with Gasteiger partial charge in [0.25, 0.3) is 16.1 Å². The fourth-order valence-corrected chi connectivity index (χ4v) is 5.28. The summed E-state index contributed by atoms with van der Waals surface area (Å²) in [4.78, 5) is 14.8. The summed E-state index contributed by atoms with van der Waals surface area (Å²) in [5.74, 6) is 2.23. The van der Waals surface area contributed by atoms with E-state index in [1.54, 1.807) is 4.90 Å². The number of hydrogen-bond donors (Lipinski definition) is 0. The zero-order valence-corrected chi connectivity index (χ0v) is 18.5. The molecule has 4 rings (SSSR count). The van der Waals surface area contributed by atoms with Crippen molar-refractivity contribution in [3.8, 4) is 0 Å². The van der Waals surface area contributed by atoms with Crippen LogP contribution < -0.4 is 0 Å². The van der Waals surface area contributed by atoms with Crippen LogP contribution in [0.3, 0.4) is 0 Å². The second-order valence-electron chi connectivity index (χ2n) is 8.12. The maximum atomic E-state index is 13.1. The smallest absolute Gasteiger partial charge is 0.281 e. The molecule has 0 aliphatic carbocycles. The molecule has 10 heteroatoms. The van der Waals surface area contributed by atoms with Crippen LogP contribution in [0.5, 0.6) is 0 Å². The van der Waals surface area contributed by atoms with E-state index in [9.17, 15) is 13.2 Å². The molecule has 1 saturated heterocycles. The van der Waals surface area contributed by atoms with Gasteiger partial charge in [0.1, 0.15) is 11.6 Å². The average Bonchev–Trinajstić information content (AvgIpc) is 3.13. The van der Waals surface area contributed by atoms with Crippen LogP contribution in [0.15, 0.2) is 24.3 Å². The number of nitrogens with zero attached hydrogens (tertiary/aromatic N) is 6. The fourth-order valence-electron chi connectivity index (χ4n) is 4.20. The minimum Gasteiger partial charge on any atom is -0.336 e. The molecule has 0 radical (unpaired) electrons. The molecular formula is C20H28N6O3S. The molecule has 9 nitrogen and oxygen atoms in total. The van der Waals surface area contributed by atoms with Crippen molar-refractivity contribution < 1.29 is 13.2 Å². The topological polar surface area (TPSA) is 91.6 Å². The first-order valence-corrected chi connectivity index (χ1v) is 11.6. The second kappa shape index (κ2) is 8.09. The monoisotopic (exact) mass is 432 g/mol. The Hall–Kier alpha value is -2.30. The lowest BCUT2D eigenvalue weighted by atomic mass is 9.90. The average molecular weight is 433 g/mol. The fraction of sp³-hybridized carbons (Fsp3) is 0.550. The Bertz CT molecular complexity index is 1040. The Morgan fingerprint density at radius 3 is 2.57 bits per heavy atom. The van der Waals surface area contributed by atoms with Crippen molar-refractivity contribution >= 4 is 16.1 Å². The minimum atomic E-state index is -3.44. The third kappa shape index (κ3) is 3.86. The molecule has 1 atom stereocenters. The van der Waals surface area contributed by atoms with E-state index in [-0.39, 0.29) is 5.91 Å². The highest BCUT2D eigenvalue weighted by Gasteiger charge is 2.31. The summed E-state index contributed by atoms with van der Waals surface area (Å²) in [5, 5.41) is 8.40. The van der Waals surface area contributed by atoms with Crippen LogP contribution in [0.25, 0.3) is 0 Å². The first kappa shape index (κ1) is 21.0. The number of rotatable bonds is 4. The van der Waals surface area contributed by atoms with Crippen LogP contribution >= 0.6 is 0 Å². The molecule has 2 aliphatic rings. The SMILES string of the molecule is Cc1nnc2n1CC(c1cccc(C(=O)N3CCN(S(=O)(=O)N(C)C)CC3)c1)CC2. The Balaban J connectivity index is 1.45. The lowest BCUT2D eigenvalue weighted by Crippen LogP contribution is -2.53. The number of amides is 1. The van der Waals surface area contributed by atoms with Gasteiger partial charge in [-0.3, -0.25) is 4.79 Å². The summed E-state index contributed by atoms with van der Waals surface area (Å²) in [7, 11) is -0.398. The number of carbonyl (C=O) groups excluding carboxylic acids is 1. The number of aryl methyl sites for hydroxylation is 2. The van der Waals surface area contributed by atoms with E-state index in [2.05, 4.69) is 20.8 Å². The maximum absolute atomic E-state index is 13.1. The summed E-state index contributed by atoms with van der Waals surface area (Å²) in [6.07, 6.45) is 1.86. The summed E-state index contributed by atoms with van der Waals surface area (Å²) >= 11 is 0. The minimum absolute atomic E-state index is 0.0456. The molecule has 0 N–H and O–H groups in total. The highest BCUT2D eigenvalue weighted by atomic mass is 32.2. The molecule has 1 aromatic heterocycles. The molecule has 162 valence electrons. The van der Waals surface area contributed by atoms with Crippen molar-refractivity contribution in [2.75, 3.05) is 40.3 Å². The summed E-state index contributed by atoms with van der Waals surface area (Å²) in [5.41, 5.74) is 1.80. The Kier molecular flexibility index (Phi) is 5.65. The summed E-state index contributed by atoms with van der Waals surface area (Å²) < 4.78 is 29.4. The molecule has 2 aromatic rings. The van der Waals surface area contributed by atoms with Crippen molar-refractivity contribution in [3.63, 3.8) is 0 Å². The van der Waals surface area contributed by atoms with Gasteiger partial charge in [-0.05, 0) is 31.0 Å². The summed E-state index contributed by atoms with van der Waals surface area (Å²) in [6.45, 7) is 4.20. The van der Waals surface area contributed by atoms with Crippen molar-refractivity contribution in [1.29, 1.82) is 0 Å². The molecule has 30 heavy (non-hydrogen) atoms. The zero-order valence-electron chi connectivity index (χ0n) is 17.7. The van der Waals surface area contributed by atoms with Crippen molar-refractivity contribution in [2.45, 2.75) is 32.2 Å².